The fourth-order valence-corrected chi connectivity index (χ4v) is 4.31. The lowest BCUT2D eigenvalue weighted by Gasteiger charge is -2.36. The third-order valence-electron chi connectivity index (χ3n) is 5.03. The van der Waals surface area contributed by atoms with Gasteiger partial charge in [0, 0.05) is 38.0 Å². The Morgan fingerprint density at radius 2 is 1.78 bits per heavy atom. The summed E-state index contributed by atoms with van der Waals surface area (Å²) < 4.78 is 23.4. The van der Waals surface area contributed by atoms with Crippen LogP contribution in [-0.2, 0) is 9.84 Å². The molecule has 0 fully saturated rings. The Morgan fingerprint density at radius 1 is 1.15 bits per heavy atom. The number of hydrogen-bond acceptors (Lipinski definition) is 5. The fraction of sp³-hybridized carbons (Fsp3) is 0.526. The highest BCUT2D eigenvalue weighted by Crippen LogP contribution is 2.35. The third kappa shape index (κ3) is 4.21. The maximum atomic E-state index is 11.7. The molecule has 2 heterocycles. The van der Waals surface area contributed by atoms with E-state index in [-0.39, 0.29) is 0 Å². The summed E-state index contributed by atoms with van der Waals surface area (Å²) in [6, 6.07) is 6.99. The van der Waals surface area contributed by atoms with Gasteiger partial charge in [0.1, 0.15) is 0 Å². The highest BCUT2D eigenvalue weighted by atomic mass is 32.2. The molecule has 2 aliphatic heterocycles. The largest absolute Gasteiger partial charge is 0.465 e. The normalized spacial score (nSPS) is 18.1. The van der Waals surface area contributed by atoms with E-state index in [1.807, 2.05) is 12.1 Å². The molecule has 7 nitrogen and oxygen atoms in total. The van der Waals surface area contributed by atoms with Crippen LogP contribution in [0.1, 0.15) is 26.7 Å². The van der Waals surface area contributed by atoms with Gasteiger partial charge in [-0.1, -0.05) is 13.8 Å². The lowest BCUT2D eigenvalue weighted by Crippen LogP contribution is -2.41. The molecule has 3 rings (SSSR count). The van der Waals surface area contributed by atoms with Crippen LogP contribution in [0.3, 0.4) is 0 Å². The minimum atomic E-state index is -3.22. The van der Waals surface area contributed by atoms with Gasteiger partial charge >= 0.3 is 6.09 Å². The van der Waals surface area contributed by atoms with Crippen LogP contribution >= 0.6 is 0 Å². The van der Waals surface area contributed by atoms with E-state index in [0.29, 0.717) is 36.9 Å². The average molecular weight is 394 g/mol. The molecule has 1 aromatic carbocycles. The zero-order chi connectivity index (χ0) is 19.8. The summed E-state index contributed by atoms with van der Waals surface area (Å²) in [5.41, 5.74) is 3.43. The minimum Gasteiger partial charge on any atom is -0.465 e. The zero-order valence-electron chi connectivity index (χ0n) is 16.1. The van der Waals surface area contributed by atoms with Crippen molar-refractivity contribution in [3.8, 4) is 0 Å². The Hall–Kier alpha value is -2.22. The van der Waals surface area contributed by atoms with E-state index in [1.54, 1.807) is 12.1 Å². The molecule has 1 N–H and O–H groups in total. The molecule has 0 spiro atoms. The molecule has 1 amide bonds. The van der Waals surface area contributed by atoms with E-state index < -0.39 is 15.9 Å². The SMILES string of the molecule is CC(C)CN1C2=C(CCN(C(=O)O)CC2)CN1c1ccc(S(C)(=O)=O)cc1. The molecule has 0 saturated heterocycles. The maximum absolute atomic E-state index is 11.7. The van der Waals surface area contributed by atoms with E-state index in [0.717, 1.165) is 18.7 Å². The Kier molecular flexibility index (Phi) is 5.37. The number of benzene rings is 1. The average Bonchev–Trinajstić information content (AvgIpc) is 2.77. The van der Waals surface area contributed by atoms with Gasteiger partial charge in [0.25, 0.3) is 0 Å². The van der Waals surface area contributed by atoms with Gasteiger partial charge in [-0.25, -0.2) is 13.2 Å². The standard InChI is InChI=1S/C19H27N3O4S/c1-14(2)12-22-18-9-11-20(19(23)24)10-8-15(18)13-21(22)16-4-6-17(7-5-16)27(3,25)26/h4-7,14H,8-13H2,1-3H3,(H,23,24). The highest BCUT2D eigenvalue weighted by Gasteiger charge is 2.33. The van der Waals surface area contributed by atoms with Crippen LogP contribution in [0.2, 0.25) is 0 Å². The van der Waals surface area contributed by atoms with Gasteiger partial charge in [0.05, 0.1) is 17.1 Å². The summed E-state index contributed by atoms with van der Waals surface area (Å²) in [6.07, 6.45) is 1.78. The molecule has 0 bridgehead atoms. The summed E-state index contributed by atoms with van der Waals surface area (Å²) in [7, 11) is -3.22. The van der Waals surface area contributed by atoms with Gasteiger partial charge in [-0.3, -0.25) is 10.0 Å². The predicted octanol–water partition coefficient (Wildman–Crippen LogP) is 2.81. The Morgan fingerprint density at radius 3 is 2.33 bits per heavy atom. The number of sulfone groups is 1. The molecule has 0 aliphatic carbocycles. The van der Waals surface area contributed by atoms with Crippen molar-refractivity contribution < 1.29 is 18.3 Å². The molecule has 0 atom stereocenters. The first kappa shape index (κ1) is 19.5. The first-order chi connectivity index (χ1) is 12.7. The number of nitrogens with zero attached hydrogens (tertiary/aromatic N) is 3. The monoisotopic (exact) mass is 393 g/mol. The molecule has 148 valence electrons. The van der Waals surface area contributed by atoms with Crippen molar-refractivity contribution in [2.45, 2.75) is 31.6 Å². The third-order valence-corrected chi connectivity index (χ3v) is 6.15. The fourth-order valence-electron chi connectivity index (χ4n) is 3.68. The van der Waals surface area contributed by atoms with Crippen LogP contribution in [0, 0.1) is 5.92 Å². The molecular formula is C19H27N3O4S. The Labute approximate surface area is 160 Å². The van der Waals surface area contributed by atoms with Crippen molar-refractivity contribution in [1.82, 2.24) is 9.91 Å². The van der Waals surface area contributed by atoms with Crippen LogP contribution in [0.25, 0.3) is 0 Å². The molecule has 0 saturated carbocycles. The van der Waals surface area contributed by atoms with Gasteiger partial charge in [-0.05, 0) is 42.2 Å². The van der Waals surface area contributed by atoms with E-state index in [1.165, 1.54) is 22.4 Å². The maximum Gasteiger partial charge on any atom is 0.407 e. The van der Waals surface area contributed by atoms with Crippen molar-refractivity contribution >= 4 is 21.6 Å². The number of amides is 1. The first-order valence-corrected chi connectivity index (χ1v) is 11.1. The Bertz CT molecular complexity index is 846. The van der Waals surface area contributed by atoms with E-state index in [2.05, 4.69) is 23.9 Å². The summed E-state index contributed by atoms with van der Waals surface area (Å²) in [5, 5.41) is 13.7. The topological polar surface area (TPSA) is 81.2 Å². The number of carbonyl (C=O) groups is 1. The zero-order valence-corrected chi connectivity index (χ0v) is 16.9. The van der Waals surface area contributed by atoms with Gasteiger partial charge in [-0.15, -0.1) is 0 Å². The van der Waals surface area contributed by atoms with Crippen molar-refractivity contribution in [2.75, 3.05) is 37.4 Å². The van der Waals surface area contributed by atoms with Crippen molar-refractivity contribution in [2.24, 2.45) is 5.92 Å². The first-order valence-electron chi connectivity index (χ1n) is 9.20. The number of rotatable bonds is 4. The smallest absolute Gasteiger partial charge is 0.407 e. The summed E-state index contributed by atoms with van der Waals surface area (Å²) in [5.74, 6) is 0.438. The van der Waals surface area contributed by atoms with Crippen molar-refractivity contribution in [1.29, 1.82) is 0 Å². The van der Waals surface area contributed by atoms with Gasteiger partial charge < -0.3 is 10.0 Å². The number of carboxylic acid groups (broad SMARTS) is 1. The molecule has 0 radical (unpaired) electrons. The van der Waals surface area contributed by atoms with Crippen LogP contribution in [-0.4, -0.2) is 62.0 Å². The molecule has 0 aromatic heterocycles. The molecule has 27 heavy (non-hydrogen) atoms. The van der Waals surface area contributed by atoms with Gasteiger partial charge in [0.15, 0.2) is 9.84 Å². The van der Waals surface area contributed by atoms with Crippen LogP contribution in [0.4, 0.5) is 10.5 Å². The molecule has 8 heteroatoms. The molecule has 1 aromatic rings. The van der Waals surface area contributed by atoms with Gasteiger partial charge in [0.2, 0.25) is 0 Å². The lowest BCUT2D eigenvalue weighted by atomic mass is 10.1. The summed E-state index contributed by atoms with van der Waals surface area (Å²) >= 11 is 0. The molecule has 0 unspecified atom stereocenters. The summed E-state index contributed by atoms with van der Waals surface area (Å²) in [4.78, 5) is 13.1. The number of hydrazine groups is 1. The Balaban J connectivity index is 1.86. The second-order valence-corrected chi connectivity index (χ2v) is 9.64. The van der Waals surface area contributed by atoms with E-state index >= 15 is 0 Å². The molecular weight excluding hydrogens is 366 g/mol. The van der Waals surface area contributed by atoms with Gasteiger partial charge in [-0.2, -0.15) is 0 Å². The van der Waals surface area contributed by atoms with Crippen LogP contribution in [0.5, 0.6) is 0 Å². The van der Waals surface area contributed by atoms with Crippen molar-refractivity contribution in [3.05, 3.63) is 35.5 Å². The quantitative estimate of drug-likeness (QED) is 0.847. The van der Waals surface area contributed by atoms with Crippen molar-refractivity contribution in [3.63, 3.8) is 0 Å². The second kappa shape index (κ2) is 7.42. The minimum absolute atomic E-state index is 0.312. The number of hydrogen-bond donors (Lipinski definition) is 1. The van der Waals surface area contributed by atoms with E-state index in [9.17, 15) is 18.3 Å². The van der Waals surface area contributed by atoms with Crippen LogP contribution < -0.4 is 5.01 Å². The second-order valence-electron chi connectivity index (χ2n) is 7.62. The van der Waals surface area contributed by atoms with Crippen LogP contribution in [0.15, 0.2) is 40.4 Å². The lowest BCUT2D eigenvalue weighted by molar-refractivity contribution is 0.146. The predicted molar refractivity (Wildman–Crippen MR) is 104 cm³/mol. The number of anilines is 1. The molecule has 2 aliphatic rings. The van der Waals surface area contributed by atoms with E-state index in [4.69, 9.17) is 0 Å². The highest BCUT2D eigenvalue weighted by molar-refractivity contribution is 7.90. The summed E-state index contributed by atoms with van der Waals surface area (Å²) in [6.45, 7) is 6.88.